The fraction of sp³-hybridized carbons (Fsp3) is 0.143. The van der Waals surface area contributed by atoms with Crippen LogP contribution in [0.25, 0.3) is 0 Å². The third-order valence-corrected chi connectivity index (χ3v) is 6.05. The van der Waals surface area contributed by atoms with Gasteiger partial charge in [0, 0.05) is 21.1 Å². The van der Waals surface area contributed by atoms with Crippen molar-refractivity contribution in [3.05, 3.63) is 101 Å². The summed E-state index contributed by atoms with van der Waals surface area (Å²) in [5.41, 5.74) is 4.16. The molecule has 0 spiro atoms. The second kappa shape index (κ2) is 6.43. The number of thioether (sulfide) groups is 1. The van der Waals surface area contributed by atoms with Crippen molar-refractivity contribution in [1.82, 2.24) is 0 Å². The SMILES string of the molecule is Clc1cccc([C@@H]2C[C@H](c3ccccc3)c3ccccc3S2)c1. The van der Waals surface area contributed by atoms with Gasteiger partial charge in [0.25, 0.3) is 0 Å². The maximum Gasteiger partial charge on any atom is 0.0409 e. The lowest BCUT2D eigenvalue weighted by atomic mass is 9.85. The first-order valence-corrected chi connectivity index (χ1v) is 9.13. The van der Waals surface area contributed by atoms with Crippen molar-refractivity contribution in [2.45, 2.75) is 22.5 Å². The molecule has 0 amide bonds. The lowest BCUT2D eigenvalue weighted by Gasteiger charge is -2.32. The quantitative estimate of drug-likeness (QED) is 0.501. The molecule has 2 heteroatoms. The van der Waals surface area contributed by atoms with E-state index in [0.717, 1.165) is 11.4 Å². The standard InChI is InChI=1S/C21H17ClS/c22-17-10-6-9-16(13-17)21-14-19(15-7-2-1-3-8-15)18-11-4-5-12-20(18)23-21/h1-13,19,21H,14H2/t19-,21+/m1/s1. The summed E-state index contributed by atoms with van der Waals surface area (Å²) in [7, 11) is 0. The largest absolute Gasteiger partial charge is 0.118 e. The molecule has 0 saturated heterocycles. The van der Waals surface area contributed by atoms with Gasteiger partial charge in [0.2, 0.25) is 0 Å². The highest BCUT2D eigenvalue weighted by molar-refractivity contribution is 7.99. The number of hydrogen-bond donors (Lipinski definition) is 0. The molecule has 1 heterocycles. The molecule has 0 nitrogen and oxygen atoms in total. The smallest absolute Gasteiger partial charge is 0.0409 e. The normalized spacial score (nSPS) is 20.0. The predicted octanol–water partition coefficient (Wildman–Crippen LogP) is 6.71. The van der Waals surface area contributed by atoms with Crippen LogP contribution in [0, 0.1) is 0 Å². The van der Waals surface area contributed by atoms with Crippen LogP contribution in [0.15, 0.2) is 83.8 Å². The zero-order valence-corrected chi connectivity index (χ0v) is 14.2. The fourth-order valence-electron chi connectivity index (χ4n) is 3.33. The van der Waals surface area contributed by atoms with Gasteiger partial charge in [0.1, 0.15) is 0 Å². The van der Waals surface area contributed by atoms with Crippen LogP contribution in [0.3, 0.4) is 0 Å². The van der Waals surface area contributed by atoms with Gasteiger partial charge in [-0.2, -0.15) is 0 Å². The molecule has 0 radical (unpaired) electrons. The van der Waals surface area contributed by atoms with Crippen LogP contribution in [0.1, 0.15) is 34.3 Å². The van der Waals surface area contributed by atoms with E-state index in [0.29, 0.717) is 11.2 Å². The molecule has 0 aromatic heterocycles. The van der Waals surface area contributed by atoms with Gasteiger partial charge in [-0.1, -0.05) is 72.3 Å². The highest BCUT2D eigenvalue weighted by Gasteiger charge is 2.29. The van der Waals surface area contributed by atoms with Gasteiger partial charge in [-0.25, -0.2) is 0 Å². The second-order valence-electron chi connectivity index (χ2n) is 5.90. The van der Waals surface area contributed by atoms with Gasteiger partial charge in [-0.3, -0.25) is 0 Å². The minimum absolute atomic E-state index is 0.439. The third kappa shape index (κ3) is 3.04. The van der Waals surface area contributed by atoms with Crippen LogP contribution in [-0.2, 0) is 0 Å². The highest BCUT2D eigenvalue weighted by atomic mass is 35.5. The summed E-state index contributed by atoms with van der Waals surface area (Å²) in [4.78, 5) is 1.39. The van der Waals surface area contributed by atoms with Crippen molar-refractivity contribution in [3.63, 3.8) is 0 Å². The average molecular weight is 337 g/mol. The molecule has 3 aromatic rings. The summed E-state index contributed by atoms with van der Waals surface area (Å²) >= 11 is 8.17. The van der Waals surface area contributed by atoms with E-state index in [9.17, 15) is 0 Å². The van der Waals surface area contributed by atoms with Gasteiger partial charge >= 0.3 is 0 Å². The van der Waals surface area contributed by atoms with E-state index in [1.165, 1.54) is 21.6 Å². The van der Waals surface area contributed by atoms with Crippen LogP contribution in [0.2, 0.25) is 5.02 Å². The number of benzene rings is 3. The highest BCUT2D eigenvalue weighted by Crippen LogP contribution is 2.51. The average Bonchev–Trinajstić information content (AvgIpc) is 2.61. The summed E-state index contributed by atoms with van der Waals surface area (Å²) < 4.78 is 0. The van der Waals surface area contributed by atoms with E-state index in [1.54, 1.807) is 0 Å². The van der Waals surface area contributed by atoms with Gasteiger partial charge in [-0.15, -0.1) is 11.8 Å². The first kappa shape index (κ1) is 14.9. The molecule has 0 bridgehead atoms. The zero-order chi connectivity index (χ0) is 15.6. The molecule has 1 aliphatic heterocycles. The number of rotatable bonds is 2. The Labute approximate surface area is 146 Å². The first-order valence-electron chi connectivity index (χ1n) is 7.87. The minimum Gasteiger partial charge on any atom is -0.118 e. The lowest BCUT2D eigenvalue weighted by Crippen LogP contribution is -2.12. The van der Waals surface area contributed by atoms with Crippen LogP contribution in [0.5, 0.6) is 0 Å². The molecule has 114 valence electrons. The Morgan fingerprint density at radius 3 is 2.35 bits per heavy atom. The van der Waals surface area contributed by atoms with Crippen molar-refractivity contribution in [1.29, 1.82) is 0 Å². The van der Waals surface area contributed by atoms with Crippen LogP contribution < -0.4 is 0 Å². The molecule has 0 saturated carbocycles. The Bertz CT molecular complexity index is 813. The number of halogens is 1. The summed E-state index contributed by atoms with van der Waals surface area (Å²) in [6.45, 7) is 0. The lowest BCUT2D eigenvalue weighted by molar-refractivity contribution is 0.677. The van der Waals surface area contributed by atoms with E-state index in [1.807, 2.05) is 17.8 Å². The van der Waals surface area contributed by atoms with E-state index in [4.69, 9.17) is 11.6 Å². The van der Waals surface area contributed by atoms with Crippen LogP contribution in [0.4, 0.5) is 0 Å². The Morgan fingerprint density at radius 1 is 0.783 bits per heavy atom. The summed E-state index contributed by atoms with van der Waals surface area (Å²) in [6.07, 6.45) is 1.10. The number of fused-ring (bicyclic) bond motifs is 1. The molecule has 0 fully saturated rings. The van der Waals surface area contributed by atoms with E-state index >= 15 is 0 Å². The van der Waals surface area contributed by atoms with Gasteiger partial charge in [0.05, 0.1) is 0 Å². The molecule has 0 N–H and O–H groups in total. The molecule has 3 aromatic carbocycles. The van der Waals surface area contributed by atoms with Gasteiger partial charge in [-0.05, 0) is 41.3 Å². The van der Waals surface area contributed by atoms with Crippen LogP contribution >= 0.6 is 23.4 Å². The van der Waals surface area contributed by atoms with Crippen molar-refractivity contribution in [2.75, 3.05) is 0 Å². The minimum atomic E-state index is 0.439. The molecular formula is C21H17ClS. The summed E-state index contributed by atoms with van der Waals surface area (Å²) in [5, 5.41) is 1.26. The summed E-state index contributed by atoms with van der Waals surface area (Å²) in [5.74, 6) is 0.442. The second-order valence-corrected chi connectivity index (χ2v) is 7.58. The van der Waals surface area contributed by atoms with E-state index in [2.05, 4.69) is 72.8 Å². The van der Waals surface area contributed by atoms with Crippen molar-refractivity contribution < 1.29 is 0 Å². The van der Waals surface area contributed by atoms with Crippen molar-refractivity contribution in [2.24, 2.45) is 0 Å². The summed E-state index contributed by atoms with van der Waals surface area (Å²) in [6, 6.07) is 27.9. The fourth-order valence-corrected chi connectivity index (χ4v) is 4.91. The number of hydrogen-bond acceptors (Lipinski definition) is 1. The maximum absolute atomic E-state index is 6.21. The molecule has 0 aliphatic carbocycles. The third-order valence-electron chi connectivity index (χ3n) is 4.44. The monoisotopic (exact) mass is 336 g/mol. The van der Waals surface area contributed by atoms with Gasteiger partial charge in [0.15, 0.2) is 0 Å². The molecule has 23 heavy (non-hydrogen) atoms. The van der Waals surface area contributed by atoms with E-state index < -0.39 is 0 Å². The molecule has 4 rings (SSSR count). The maximum atomic E-state index is 6.21. The Balaban J connectivity index is 1.77. The Kier molecular flexibility index (Phi) is 4.15. The Hall–Kier alpha value is -1.70. The molecule has 1 aliphatic rings. The van der Waals surface area contributed by atoms with Gasteiger partial charge < -0.3 is 0 Å². The molecule has 0 unspecified atom stereocenters. The van der Waals surface area contributed by atoms with Crippen molar-refractivity contribution >= 4 is 23.4 Å². The molecule has 2 atom stereocenters. The topological polar surface area (TPSA) is 0 Å². The Morgan fingerprint density at radius 2 is 1.52 bits per heavy atom. The molecular weight excluding hydrogens is 320 g/mol. The first-order chi connectivity index (χ1) is 11.3. The van der Waals surface area contributed by atoms with Crippen molar-refractivity contribution in [3.8, 4) is 0 Å². The van der Waals surface area contributed by atoms with E-state index in [-0.39, 0.29) is 0 Å². The zero-order valence-electron chi connectivity index (χ0n) is 12.7. The van der Waals surface area contributed by atoms with Crippen LogP contribution in [-0.4, -0.2) is 0 Å². The predicted molar refractivity (Wildman–Crippen MR) is 99.4 cm³/mol.